The maximum absolute atomic E-state index is 13.2. The van der Waals surface area contributed by atoms with Crippen LogP contribution in [0.3, 0.4) is 0 Å². The molecule has 0 bridgehead atoms. The van der Waals surface area contributed by atoms with Gasteiger partial charge in [-0.1, -0.05) is 12.8 Å². The Balaban J connectivity index is 2.05. The van der Waals surface area contributed by atoms with E-state index in [9.17, 15) is 19.6 Å². The van der Waals surface area contributed by atoms with Crippen LogP contribution in [0.4, 0.5) is 10.1 Å². The molecule has 1 aliphatic carbocycles. The number of hydrogen-bond donors (Lipinski definition) is 2. The van der Waals surface area contributed by atoms with Crippen molar-refractivity contribution >= 4 is 5.69 Å². The van der Waals surface area contributed by atoms with E-state index in [4.69, 9.17) is 0 Å². The maximum atomic E-state index is 13.2. The van der Waals surface area contributed by atoms with Crippen molar-refractivity contribution in [1.29, 1.82) is 0 Å². The molecule has 6 heteroatoms. The highest BCUT2D eigenvalue weighted by Crippen LogP contribution is 2.22. The molecule has 0 spiro atoms. The highest BCUT2D eigenvalue weighted by Gasteiger charge is 2.23. The van der Waals surface area contributed by atoms with Crippen LogP contribution in [0.2, 0.25) is 0 Å². The molecule has 2 atom stereocenters. The fraction of sp³-hybridized carbons (Fsp3) is 0.538. The molecule has 0 radical (unpaired) electrons. The molecule has 0 amide bonds. The number of aliphatic hydroxyl groups is 1. The normalized spacial score (nSPS) is 23.3. The van der Waals surface area contributed by atoms with Crippen LogP contribution in [0.25, 0.3) is 0 Å². The lowest BCUT2D eigenvalue weighted by Crippen LogP contribution is -2.41. The van der Waals surface area contributed by atoms with Crippen LogP contribution in [0, 0.1) is 15.9 Å². The lowest BCUT2D eigenvalue weighted by Gasteiger charge is -2.28. The molecule has 1 aromatic rings. The van der Waals surface area contributed by atoms with E-state index < -0.39 is 16.8 Å². The van der Waals surface area contributed by atoms with E-state index in [-0.39, 0.29) is 18.3 Å². The molecule has 1 saturated carbocycles. The predicted molar refractivity (Wildman–Crippen MR) is 68.2 cm³/mol. The largest absolute Gasteiger partial charge is 0.392 e. The van der Waals surface area contributed by atoms with Gasteiger partial charge in [0.05, 0.1) is 11.0 Å². The third-order valence-corrected chi connectivity index (χ3v) is 3.52. The van der Waals surface area contributed by atoms with Crippen LogP contribution in [-0.4, -0.2) is 22.2 Å². The summed E-state index contributed by atoms with van der Waals surface area (Å²) in [5, 5.41) is 23.8. The zero-order chi connectivity index (χ0) is 13.8. The quantitative estimate of drug-likeness (QED) is 0.648. The fourth-order valence-corrected chi connectivity index (χ4v) is 2.46. The molecule has 0 aromatic heterocycles. The summed E-state index contributed by atoms with van der Waals surface area (Å²) in [7, 11) is 0. The van der Waals surface area contributed by atoms with Crippen molar-refractivity contribution in [3.8, 4) is 0 Å². The number of nitro benzene ring substituents is 1. The Labute approximate surface area is 110 Å². The summed E-state index contributed by atoms with van der Waals surface area (Å²) in [6, 6.07) is 3.35. The minimum Gasteiger partial charge on any atom is -0.392 e. The smallest absolute Gasteiger partial charge is 0.274 e. The molecule has 0 aliphatic heterocycles. The Bertz CT molecular complexity index is 467. The Morgan fingerprint density at radius 1 is 1.42 bits per heavy atom. The van der Waals surface area contributed by atoms with Crippen molar-refractivity contribution in [2.75, 3.05) is 0 Å². The molecule has 1 aliphatic rings. The van der Waals surface area contributed by atoms with E-state index in [1.807, 2.05) is 0 Å². The van der Waals surface area contributed by atoms with Crippen molar-refractivity contribution < 1.29 is 14.4 Å². The first-order valence-electron chi connectivity index (χ1n) is 6.42. The van der Waals surface area contributed by atoms with Gasteiger partial charge in [-0.05, 0) is 25.0 Å². The van der Waals surface area contributed by atoms with E-state index in [2.05, 4.69) is 5.32 Å². The van der Waals surface area contributed by atoms with Gasteiger partial charge in [0, 0.05) is 24.2 Å². The molecule has 19 heavy (non-hydrogen) atoms. The first kappa shape index (κ1) is 13.9. The lowest BCUT2D eigenvalue weighted by molar-refractivity contribution is -0.385. The molecular weight excluding hydrogens is 251 g/mol. The van der Waals surface area contributed by atoms with Gasteiger partial charge in [0.25, 0.3) is 5.69 Å². The van der Waals surface area contributed by atoms with Crippen molar-refractivity contribution in [3.05, 3.63) is 39.7 Å². The molecular formula is C13H17FN2O3. The van der Waals surface area contributed by atoms with Crippen LogP contribution < -0.4 is 5.32 Å². The topological polar surface area (TPSA) is 75.4 Å². The zero-order valence-electron chi connectivity index (χ0n) is 10.5. The first-order valence-corrected chi connectivity index (χ1v) is 6.42. The minimum absolute atomic E-state index is 0.0726. The van der Waals surface area contributed by atoms with Gasteiger partial charge in [-0.3, -0.25) is 10.1 Å². The number of nitro groups is 1. The van der Waals surface area contributed by atoms with Gasteiger partial charge in [-0.2, -0.15) is 0 Å². The van der Waals surface area contributed by atoms with Gasteiger partial charge in [-0.15, -0.1) is 0 Å². The molecule has 104 valence electrons. The molecule has 2 N–H and O–H groups in total. The number of aliphatic hydroxyl groups excluding tert-OH is 1. The first-order chi connectivity index (χ1) is 9.08. The summed E-state index contributed by atoms with van der Waals surface area (Å²) in [5.41, 5.74) is 0.210. The molecule has 0 saturated heterocycles. The molecule has 1 fully saturated rings. The van der Waals surface area contributed by atoms with Gasteiger partial charge in [0.15, 0.2) is 0 Å². The Kier molecular flexibility index (Phi) is 4.44. The van der Waals surface area contributed by atoms with E-state index >= 15 is 0 Å². The van der Waals surface area contributed by atoms with Gasteiger partial charge in [0.1, 0.15) is 5.82 Å². The summed E-state index contributed by atoms with van der Waals surface area (Å²) < 4.78 is 13.2. The zero-order valence-corrected chi connectivity index (χ0v) is 10.5. The molecule has 5 nitrogen and oxygen atoms in total. The summed E-state index contributed by atoms with van der Waals surface area (Å²) in [6.07, 6.45) is 3.17. The van der Waals surface area contributed by atoms with Gasteiger partial charge < -0.3 is 10.4 Å². The highest BCUT2D eigenvalue weighted by atomic mass is 19.1. The van der Waals surface area contributed by atoms with Crippen LogP contribution in [0.15, 0.2) is 18.2 Å². The van der Waals surface area contributed by atoms with Crippen molar-refractivity contribution in [1.82, 2.24) is 5.32 Å². The van der Waals surface area contributed by atoms with Crippen LogP contribution >= 0.6 is 0 Å². The number of rotatable bonds is 4. The van der Waals surface area contributed by atoms with Crippen LogP contribution in [0.5, 0.6) is 0 Å². The van der Waals surface area contributed by atoms with Crippen molar-refractivity contribution in [2.24, 2.45) is 0 Å². The minimum atomic E-state index is -0.520. The second-order valence-electron chi connectivity index (χ2n) is 4.87. The second-order valence-corrected chi connectivity index (χ2v) is 4.87. The lowest BCUT2D eigenvalue weighted by atomic mass is 9.92. The third-order valence-electron chi connectivity index (χ3n) is 3.52. The summed E-state index contributed by atoms with van der Waals surface area (Å²) in [6.45, 7) is 0.190. The summed E-state index contributed by atoms with van der Waals surface area (Å²) >= 11 is 0. The average Bonchev–Trinajstić information content (AvgIpc) is 2.37. The van der Waals surface area contributed by atoms with Crippen molar-refractivity contribution in [3.63, 3.8) is 0 Å². The number of nitrogens with one attached hydrogen (secondary N) is 1. The SMILES string of the molecule is O=[N+]([O-])c1ccc(F)cc1CNC1CCCCC1O. The average molecular weight is 268 g/mol. The second kappa shape index (κ2) is 6.08. The van der Waals surface area contributed by atoms with Gasteiger partial charge >= 0.3 is 0 Å². The number of benzene rings is 1. The fourth-order valence-electron chi connectivity index (χ4n) is 2.46. The third kappa shape index (κ3) is 3.48. The number of nitrogens with zero attached hydrogens (tertiary/aromatic N) is 1. The Morgan fingerprint density at radius 3 is 2.84 bits per heavy atom. The highest BCUT2D eigenvalue weighted by molar-refractivity contribution is 5.40. The molecule has 1 aromatic carbocycles. The number of halogens is 1. The standard InChI is InChI=1S/C13H17FN2O3/c14-10-5-6-12(16(18)19)9(7-10)8-15-11-3-1-2-4-13(11)17/h5-7,11,13,15,17H,1-4,8H2. The van der Waals surface area contributed by atoms with Crippen LogP contribution in [-0.2, 0) is 6.54 Å². The van der Waals surface area contributed by atoms with E-state index in [0.717, 1.165) is 31.7 Å². The van der Waals surface area contributed by atoms with E-state index in [0.29, 0.717) is 5.56 Å². The Hall–Kier alpha value is -1.53. The predicted octanol–water partition coefficient (Wildman–Crippen LogP) is 2.13. The monoisotopic (exact) mass is 268 g/mol. The van der Waals surface area contributed by atoms with Gasteiger partial charge in [0.2, 0.25) is 0 Å². The maximum Gasteiger partial charge on any atom is 0.274 e. The number of hydrogen-bond acceptors (Lipinski definition) is 4. The summed E-state index contributed by atoms with van der Waals surface area (Å²) in [5.74, 6) is -0.494. The van der Waals surface area contributed by atoms with E-state index in [1.165, 1.54) is 12.1 Å². The molecule has 2 unspecified atom stereocenters. The van der Waals surface area contributed by atoms with E-state index in [1.54, 1.807) is 0 Å². The van der Waals surface area contributed by atoms with Crippen LogP contribution in [0.1, 0.15) is 31.2 Å². The summed E-state index contributed by atoms with van der Waals surface area (Å²) in [4.78, 5) is 10.3. The van der Waals surface area contributed by atoms with Gasteiger partial charge in [-0.25, -0.2) is 4.39 Å². The Morgan fingerprint density at radius 2 is 2.16 bits per heavy atom. The molecule has 0 heterocycles. The van der Waals surface area contributed by atoms with Crippen molar-refractivity contribution in [2.45, 2.75) is 44.4 Å². The molecule has 2 rings (SSSR count).